The van der Waals surface area contributed by atoms with E-state index < -0.39 is 20.7 Å². The van der Waals surface area contributed by atoms with Crippen LogP contribution >= 0.6 is 11.3 Å². The van der Waals surface area contributed by atoms with Crippen LogP contribution in [0, 0.1) is 10.1 Å². The van der Waals surface area contributed by atoms with E-state index in [1.165, 1.54) is 11.1 Å². The summed E-state index contributed by atoms with van der Waals surface area (Å²) in [4.78, 5) is 26.1. The quantitative estimate of drug-likeness (QED) is 0.423. The number of carbonyl (C=O) groups is 1. The van der Waals surface area contributed by atoms with Gasteiger partial charge in [-0.1, -0.05) is 17.4 Å². The zero-order valence-electron chi connectivity index (χ0n) is 16.1. The molecule has 160 valence electrons. The van der Waals surface area contributed by atoms with Crippen molar-refractivity contribution in [2.75, 3.05) is 11.9 Å². The third kappa shape index (κ3) is 4.57. The van der Waals surface area contributed by atoms with Gasteiger partial charge in [-0.25, -0.2) is 13.4 Å². The largest absolute Gasteiger partial charge is 0.484 e. The normalized spacial score (nSPS) is 12.9. The minimum atomic E-state index is -3.91. The lowest BCUT2D eigenvalue weighted by atomic mass is 10.1. The third-order valence-corrected chi connectivity index (χ3v) is 7.94. The second kappa shape index (κ2) is 8.44. The molecule has 3 aromatic rings. The summed E-state index contributed by atoms with van der Waals surface area (Å²) >= 11 is 0.791. The van der Waals surface area contributed by atoms with Gasteiger partial charge in [0.25, 0.3) is 11.6 Å². The Kier molecular flexibility index (Phi) is 5.70. The van der Waals surface area contributed by atoms with E-state index in [1.54, 1.807) is 0 Å². The molecule has 1 aliphatic rings. The van der Waals surface area contributed by atoms with Crippen molar-refractivity contribution in [3.63, 3.8) is 0 Å². The van der Waals surface area contributed by atoms with E-state index in [9.17, 15) is 23.3 Å². The molecule has 0 spiro atoms. The lowest BCUT2D eigenvalue weighted by molar-refractivity contribution is -0.384. The topological polar surface area (TPSA) is 128 Å². The average Bonchev–Trinajstić information content (AvgIpc) is 3.41. The van der Waals surface area contributed by atoms with Crippen LogP contribution in [-0.2, 0) is 27.5 Å². The first kappa shape index (κ1) is 20.9. The van der Waals surface area contributed by atoms with Crippen LogP contribution < -0.4 is 10.1 Å². The fourth-order valence-electron chi connectivity index (χ4n) is 3.25. The summed E-state index contributed by atoms with van der Waals surface area (Å²) in [6.07, 6.45) is 4.32. The molecule has 0 saturated carbocycles. The molecular weight excluding hydrogens is 442 g/mol. The van der Waals surface area contributed by atoms with Crippen LogP contribution in [-0.4, -0.2) is 30.8 Å². The molecule has 1 aliphatic carbocycles. The molecule has 0 aliphatic heterocycles. The van der Waals surface area contributed by atoms with Crippen molar-refractivity contribution in [1.29, 1.82) is 0 Å². The summed E-state index contributed by atoms with van der Waals surface area (Å²) in [5.74, 6) is 0.144. The maximum atomic E-state index is 12.7. The molecule has 1 heterocycles. The number of sulfone groups is 1. The predicted octanol–water partition coefficient (Wildman–Crippen LogP) is 3.39. The van der Waals surface area contributed by atoms with Crippen LogP contribution in [0.1, 0.15) is 17.5 Å². The Bertz CT molecular complexity index is 1250. The highest BCUT2D eigenvalue weighted by Gasteiger charge is 2.22. The van der Waals surface area contributed by atoms with Crippen LogP contribution in [0.15, 0.2) is 57.8 Å². The Labute approximate surface area is 181 Å². The van der Waals surface area contributed by atoms with Gasteiger partial charge in [0.2, 0.25) is 9.84 Å². The van der Waals surface area contributed by atoms with Crippen LogP contribution in [0.5, 0.6) is 5.75 Å². The number of ether oxygens (including phenoxy) is 1. The highest BCUT2D eigenvalue weighted by molar-refractivity contribution is 7.93. The SMILES string of the molecule is O=C(COc1ccc2c(c1)CCC2)Nc1ncc(S(=O)(=O)c2ccc([N+](=O)[O-])cc2)s1. The van der Waals surface area contributed by atoms with Gasteiger partial charge in [-0.3, -0.25) is 20.2 Å². The number of aryl methyl sites for hydroxylation is 2. The van der Waals surface area contributed by atoms with Gasteiger partial charge in [-0.15, -0.1) is 0 Å². The maximum Gasteiger partial charge on any atom is 0.269 e. The molecule has 1 aromatic heterocycles. The van der Waals surface area contributed by atoms with Gasteiger partial charge in [0.1, 0.15) is 9.96 Å². The number of nitro groups is 1. The van der Waals surface area contributed by atoms with Gasteiger partial charge in [0.15, 0.2) is 11.7 Å². The number of nitrogens with one attached hydrogen (secondary N) is 1. The number of nitro benzene ring substituents is 1. The van der Waals surface area contributed by atoms with E-state index in [2.05, 4.69) is 10.3 Å². The molecule has 4 rings (SSSR count). The fourth-order valence-corrected chi connectivity index (χ4v) is 5.70. The molecule has 0 fully saturated rings. The van der Waals surface area contributed by atoms with Crippen molar-refractivity contribution in [3.05, 3.63) is 69.9 Å². The molecule has 11 heteroatoms. The van der Waals surface area contributed by atoms with E-state index in [-0.39, 0.29) is 26.5 Å². The molecular formula is C20H17N3O6S2. The fraction of sp³-hybridized carbons (Fsp3) is 0.200. The number of amides is 1. The van der Waals surface area contributed by atoms with Crippen molar-refractivity contribution in [2.24, 2.45) is 0 Å². The summed E-state index contributed by atoms with van der Waals surface area (Å²) in [6, 6.07) is 10.3. The van der Waals surface area contributed by atoms with Gasteiger partial charge in [0.05, 0.1) is 16.0 Å². The second-order valence-electron chi connectivity index (χ2n) is 6.86. The Morgan fingerprint density at radius 2 is 1.90 bits per heavy atom. The number of aromatic nitrogens is 1. The Morgan fingerprint density at radius 1 is 1.16 bits per heavy atom. The zero-order valence-corrected chi connectivity index (χ0v) is 17.7. The molecule has 31 heavy (non-hydrogen) atoms. The summed E-state index contributed by atoms with van der Waals surface area (Å²) in [7, 11) is -3.91. The van der Waals surface area contributed by atoms with Gasteiger partial charge < -0.3 is 4.74 Å². The van der Waals surface area contributed by atoms with Crippen LogP contribution in [0.25, 0.3) is 0 Å². The number of hydrogen-bond donors (Lipinski definition) is 1. The molecule has 0 bridgehead atoms. The van der Waals surface area contributed by atoms with E-state index in [4.69, 9.17) is 4.74 Å². The van der Waals surface area contributed by atoms with Crippen molar-refractivity contribution in [2.45, 2.75) is 28.4 Å². The number of non-ortho nitro benzene ring substituents is 1. The Morgan fingerprint density at radius 3 is 2.65 bits per heavy atom. The van der Waals surface area contributed by atoms with Crippen molar-refractivity contribution < 1.29 is 22.9 Å². The molecule has 2 aromatic carbocycles. The number of thiazole rings is 1. The maximum absolute atomic E-state index is 12.7. The Hall–Kier alpha value is -3.31. The standard InChI is InChI=1S/C20H17N3O6S2/c24-18(12-29-16-7-4-13-2-1-3-14(13)10-16)22-20-21-11-19(30-20)31(27,28)17-8-5-15(6-9-17)23(25)26/h4-11H,1-3,12H2,(H,21,22,24). The third-order valence-electron chi connectivity index (χ3n) is 4.79. The molecule has 1 amide bonds. The minimum absolute atomic E-state index is 0.0869. The molecule has 0 radical (unpaired) electrons. The summed E-state index contributed by atoms with van der Waals surface area (Å²) in [5, 5.41) is 13.4. The average molecular weight is 460 g/mol. The smallest absolute Gasteiger partial charge is 0.269 e. The van der Waals surface area contributed by atoms with Crippen molar-refractivity contribution >= 4 is 37.9 Å². The number of fused-ring (bicyclic) bond motifs is 1. The zero-order chi connectivity index (χ0) is 22.0. The highest BCUT2D eigenvalue weighted by Crippen LogP contribution is 2.30. The number of nitrogens with zero attached hydrogens (tertiary/aromatic N) is 2. The Balaban J connectivity index is 1.39. The van der Waals surface area contributed by atoms with Gasteiger partial charge in [0, 0.05) is 12.1 Å². The highest BCUT2D eigenvalue weighted by atomic mass is 32.2. The van der Waals surface area contributed by atoms with Crippen LogP contribution in [0.2, 0.25) is 0 Å². The lowest BCUT2D eigenvalue weighted by Crippen LogP contribution is -2.20. The minimum Gasteiger partial charge on any atom is -0.484 e. The van der Waals surface area contributed by atoms with Crippen LogP contribution in [0.3, 0.4) is 0 Å². The monoisotopic (exact) mass is 459 g/mol. The summed E-state index contributed by atoms with van der Waals surface area (Å²) in [5.41, 5.74) is 2.33. The number of benzene rings is 2. The molecule has 1 N–H and O–H groups in total. The molecule has 0 saturated heterocycles. The van der Waals surface area contributed by atoms with Crippen molar-refractivity contribution in [3.8, 4) is 5.75 Å². The van der Waals surface area contributed by atoms with Crippen molar-refractivity contribution in [1.82, 2.24) is 4.98 Å². The van der Waals surface area contributed by atoms with Gasteiger partial charge >= 0.3 is 0 Å². The predicted molar refractivity (Wildman–Crippen MR) is 113 cm³/mol. The van der Waals surface area contributed by atoms with E-state index in [0.717, 1.165) is 61.1 Å². The first-order valence-electron chi connectivity index (χ1n) is 9.33. The molecule has 0 atom stereocenters. The van der Waals surface area contributed by atoms with E-state index >= 15 is 0 Å². The van der Waals surface area contributed by atoms with Gasteiger partial charge in [-0.05, 0) is 54.7 Å². The second-order valence-corrected chi connectivity index (χ2v) is 10.1. The number of rotatable bonds is 7. The number of anilines is 1. The summed E-state index contributed by atoms with van der Waals surface area (Å²) in [6.45, 7) is -0.233. The number of carbonyl (C=O) groups excluding carboxylic acids is 1. The first-order chi connectivity index (χ1) is 14.8. The van der Waals surface area contributed by atoms with Gasteiger partial charge in [-0.2, -0.15) is 0 Å². The first-order valence-corrected chi connectivity index (χ1v) is 11.6. The van der Waals surface area contributed by atoms with E-state index in [0.29, 0.717) is 5.75 Å². The van der Waals surface area contributed by atoms with Crippen LogP contribution in [0.4, 0.5) is 10.8 Å². The lowest BCUT2D eigenvalue weighted by Gasteiger charge is -2.07. The molecule has 9 nitrogen and oxygen atoms in total. The number of hydrogen-bond acceptors (Lipinski definition) is 8. The van der Waals surface area contributed by atoms with E-state index in [1.807, 2.05) is 18.2 Å². The summed E-state index contributed by atoms with van der Waals surface area (Å²) < 4.78 is 30.8. The molecule has 0 unspecified atom stereocenters.